The first-order valence-electron chi connectivity index (χ1n) is 12.0. The van der Waals surface area contributed by atoms with Crippen LogP contribution in [0, 0.1) is 12.8 Å². The minimum Gasteiger partial charge on any atom is -0.489 e. The number of hydrogen-bond donors (Lipinski definition) is 0. The highest BCUT2D eigenvalue weighted by molar-refractivity contribution is 6.31. The van der Waals surface area contributed by atoms with Crippen LogP contribution in [0.2, 0.25) is 5.02 Å². The molecule has 0 N–H and O–H groups in total. The van der Waals surface area contributed by atoms with Crippen LogP contribution >= 0.6 is 11.6 Å². The van der Waals surface area contributed by atoms with Gasteiger partial charge in [-0.05, 0) is 66.6 Å². The molecular weight excluding hydrogens is 522 g/mol. The highest BCUT2D eigenvalue weighted by atomic mass is 35.5. The van der Waals surface area contributed by atoms with Gasteiger partial charge in [0.05, 0.1) is 11.6 Å². The molecule has 1 aromatic carbocycles. The smallest absolute Gasteiger partial charge is 0.387 e. The summed E-state index contributed by atoms with van der Waals surface area (Å²) in [6.45, 7) is -1.48. The molecule has 0 unspecified atom stereocenters. The molecule has 0 amide bonds. The van der Waals surface area contributed by atoms with Gasteiger partial charge in [-0.2, -0.15) is 8.78 Å². The van der Waals surface area contributed by atoms with Crippen molar-refractivity contribution < 1.29 is 37.3 Å². The minimum atomic E-state index is -3.03. The van der Waals surface area contributed by atoms with Crippen molar-refractivity contribution in [1.29, 1.82) is 0 Å². The van der Waals surface area contributed by atoms with Gasteiger partial charge in [-0.3, -0.25) is 4.98 Å². The number of benzene rings is 1. The topological polar surface area (TPSA) is 88.9 Å². The van der Waals surface area contributed by atoms with Crippen LogP contribution in [0.25, 0.3) is 0 Å². The lowest BCUT2D eigenvalue weighted by Gasteiger charge is -2.22. The lowest BCUT2D eigenvalue weighted by molar-refractivity contribution is -0.153. The van der Waals surface area contributed by atoms with Gasteiger partial charge < -0.3 is 23.5 Å². The fraction of sp³-hybridized carbons (Fsp3) is 0.370. The molecule has 1 aliphatic carbocycles. The third kappa shape index (κ3) is 7.22. The van der Waals surface area contributed by atoms with Gasteiger partial charge in [-0.1, -0.05) is 17.7 Å². The Balaban J connectivity index is 1.56. The maximum atomic E-state index is 13.0. The summed E-state index contributed by atoms with van der Waals surface area (Å²) < 4.78 is 48.8. The Hall–Kier alpha value is -3.66. The van der Waals surface area contributed by atoms with Crippen molar-refractivity contribution in [2.24, 2.45) is 13.0 Å². The Labute approximate surface area is 223 Å². The Morgan fingerprint density at radius 2 is 1.97 bits per heavy atom. The zero-order chi connectivity index (χ0) is 27.2. The van der Waals surface area contributed by atoms with Crippen molar-refractivity contribution in [3.8, 4) is 11.5 Å². The lowest BCUT2D eigenvalue weighted by atomic mass is 9.98. The van der Waals surface area contributed by atoms with E-state index in [0.29, 0.717) is 28.7 Å². The monoisotopic (exact) mass is 548 g/mol. The zero-order valence-corrected chi connectivity index (χ0v) is 21.6. The number of carbonyl (C=O) groups excluding carboxylic acids is 2. The number of pyridine rings is 1. The summed E-state index contributed by atoms with van der Waals surface area (Å²) in [6, 6.07) is 7.62. The normalized spacial score (nSPS) is 13.7. The molecular formula is C27H27ClF2N2O6. The van der Waals surface area contributed by atoms with Crippen LogP contribution in [0.3, 0.4) is 0 Å². The van der Waals surface area contributed by atoms with Gasteiger partial charge in [-0.25, -0.2) is 9.59 Å². The number of alkyl halides is 2. The molecule has 202 valence electrons. The number of rotatable bonds is 12. The predicted molar refractivity (Wildman–Crippen MR) is 134 cm³/mol. The molecule has 2 heterocycles. The molecule has 0 saturated heterocycles. The van der Waals surface area contributed by atoms with Crippen molar-refractivity contribution in [2.45, 2.75) is 38.9 Å². The van der Waals surface area contributed by atoms with Gasteiger partial charge in [0.2, 0.25) is 0 Å². The van der Waals surface area contributed by atoms with Crippen LogP contribution in [0.4, 0.5) is 8.78 Å². The average molecular weight is 549 g/mol. The van der Waals surface area contributed by atoms with E-state index < -0.39 is 31.3 Å². The van der Waals surface area contributed by atoms with Gasteiger partial charge in [-0.15, -0.1) is 0 Å². The van der Waals surface area contributed by atoms with Crippen molar-refractivity contribution in [3.63, 3.8) is 0 Å². The van der Waals surface area contributed by atoms with Crippen molar-refractivity contribution in [1.82, 2.24) is 9.55 Å². The van der Waals surface area contributed by atoms with E-state index in [1.807, 2.05) is 6.92 Å². The maximum absolute atomic E-state index is 13.0. The van der Waals surface area contributed by atoms with Gasteiger partial charge in [0.15, 0.2) is 18.1 Å². The van der Waals surface area contributed by atoms with Gasteiger partial charge in [0.1, 0.15) is 11.8 Å². The van der Waals surface area contributed by atoms with Crippen LogP contribution in [0.15, 0.2) is 48.9 Å². The number of ether oxygens (including phenoxy) is 4. The second-order valence-corrected chi connectivity index (χ2v) is 9.43. The molecule has 11 heteroatoms. The van der Waals surface area contributed by atoms with E-state index in [9.17, 15) is 18.4 Å². The first kappa shape index (κ1) is 27.4. The molecule has 3 aromatic rings. The zero-order valence-electron chi connectivity index (χ0n) is 20.9. The number of halogens is 3. The first-order chi connectivity index (χ1) is 18.2. The van der Waals surface area contributed by atoms with E-state index in [1.54, 1.807) is 36.1 Å². The standard InChI is InChI=1S/C27H27ClF2N2O6/c1-16-12-31-13-20(28)19(16)11-23(37-25(33)15-36-26(34)21-4-3-9-32(21)2)18-7-8-22(38-27(29)30)24(10-18)35-14-17-5-6-17/h3-4,7-10,12-13,17,23,27H,5-6,11,14-15H2,1-2H3/t23-/m0/s1. The second-order valence-electron chi connectivity index (χ2n) is 9.02. The summed E-state index contributed by atoms with van der Waals surface area (Å²) in [7, 11) is 1.68. The summed E-state index contributed by atoms with van der Waals surface area (Å²) in [5, 5.41) is 0.379. The van der Waals surface area contributed by atoms with Crippen LogP contribution in [0.1, 0.15) is 46.1 Å². The molecule has 8 nitrogen and oxygen atoms in total. The van der Waals surface area contributed by atoms with Crippen LogP contribution in [-0.2, 0) is 27.7 Å². The average Bonchev–Trinajstić information content (AvgIpc) is 3.61. The molecule has 1 fully saturated rings. The van der Waals surface area contributed by atoms with Crippen molar-refractivity contribution in [2.75, 3.05) is 13.2 Å². The number of nitrogens with zero attached hydrogens (tertiary/aromatic N) is 2. The van der Waals surface area contributed by atoms with Crippen LogP contribution in [-0.4, -0.2) is 41.3 Å². The molecule has 0 bridgehead atoms. The third-order valence-corrected chi connectivity index (χ3v) is 6.41. The van der Waals surface area contributed by atoms with Gasteiger partial charge in [0.25, 0.3) is 0 Å². The van der Waals surface area contributed by atoms with Crippen molar-refractivity contribution in [3.05, 3.63) is 76.3 Å². The Morgan fingerprint density at radius 3 is 2.63 bits per heavy atom. The van der Waals surface area contributed by atoms with E-state index in [0.717, 1.165) is 18.4 Å². The highest BCUT2D eigenvalue weighted by Gasteiger charge is 2.26. The summed E-state index contributed by atoms with van der Waals surface area (Å²) in [5.74, 6) is -1.12. The largest absolute Gasteiger partial charge is 0.489 e. The quantitative estimate of drug-likeness (QED) is 0.278. The lowest BCUT2D eigenvalue weighted by Crippen LogP contribution is -2.21. The highest BCUT2D eigenvalue weighted by Crippen LogP contribution is 2.37. The van der Waals surface area contributed by atoms with Crippen molar-refractivity contribution >= 4 is 23.5 Å². The van der Waals surface area contributed by atoms with Crippen LogP contribution in [0.5, 0.6) is 11.5 Å². The Kier molecular flexibility index (Phi) is 8.83. The number of esters is 2. The number of carbonyl (C=O) groups is 2. The maximum Gasteiger partial charge on any atom is 0.387 e. The van der Waals surface area contributed by atoms with E-state index in [1.165, 1.54) is 24.4 Å². The third-order valence-electron chi connectivity index (χ3n) is 6.08. The Bertz CT molecular complexity index is 1270. The number of aromatic nitrogens is 2. The molecule has 0 spiro atoms. The van der Waals surface area contributed by atoms with Crippen LogP contribution < -0.4 is 9.47 Å². The fourth-order valence-corrected chi connectivity index (χ4v) is 4.10. The SMILES string of the molecule is Cc1cncc(Cl)c1C[C@H](OC(=O)COC(=O)c1cccn1C)c1ccc(OC(F)F)c(OCC2CC2)c1. The molecule has 1 aliphatic rings. The molecule has 38 heavy (non-hydrogen) atoms. The summed E-state index contributed by atoms with van der Waals surface area (Å²) in [5.41, 5.74) is 2.21. The predicted octanol–water partition coefficient (Wildman–Crippen LogP) is 5.46. The summed E-state index contributed by atoms with van der Waals surface area (Å²) in [6.07, 6.45) is 6.05. The molecule has 1 atom stereocenters. The molecule has 0 aliphatic heterocycles. The molecule has 4 rings (SSSR count). The van der Waals surface area contributed by atoms with E-state index >= 15 is 0 Å². The van der Waals surface area contributed by atoms with Gasteiger partial charge in [0, 0.05) is 32.1 Å². The number of hydrogen-bond acceptors (Lipinski definition) is 7. The minimum absolute atomic E-state index is 0.114. The molecule has 2 aromatic heterocycles. The second kappa shape index (κ2) is 12.3. The van der Waals surface area contributed by atoms with E-state index in [2.05, 4.69) is 9.72 Å². The summed E-state index contributed by atoms with van der Waals surface area (Å²) in [4.78, 5) is 29.1. The summed E-state index contributed by atoms with van der Waals surface area (Å²) >= 11 is 6.37. The number of aryl methyl sites for hydroxylation is 2. The first-order valence-corrected chi connectivity index (χ1v) is 12.4. The Morgan fingerprint density at radius 1 is 1.18 bits per heavy atom. The fourth-order valence-electron chi connectivity index (χ4n) is 3.82. The van der Waals surface area contributed by atoms with E-state index in [4.69, 9.17) is 25.8 Å². The van der Waals surface area contributed by atoms with E-state index in [-0.39, 0.29) is 23.6 Å². The molecule has 1 saturated carbocycles. The molecule has 0 radical (unpaired) electrons. The van der Waals surface area contributed by atoms with Gasteiger partial charge >= 0.3 is 18.6 Å².